The van der Waals surface area contributed by atoms with E-state index in [9.17, 15) is 9.18 Å². The zero-order valence-electron chi connectivity index (χ0n) is 15.6. The van der Waals surface area contributed by atoms with Crippen molar-refractivity contribution in [2.45, 2.75) is 19.9 Å². The van der Waals surface area contributed by atoms with Gasteiger partial charge in [-0.1, -0.05) is 6.07 Å². The van der Waals surface area contributed by atoms with Crippen LogP contribution >= 0.6 is 24.0 Å². The highest BCUT2D eigenvalue weighted by molar-refractivity contribution is 14.0. The van der Waals surface area contributed by atoms with Crippen LogP contribution in [0.3, 0.4) is 0 Å². The number of nitrogens with zero attached hydrogens (tertiary/aromatic N) is 1. The van der Waals surface area contributed by atoms with Gasteiger partial charge in [-0.2, -0.15) is 0 Å². The molecule has 26 heavy (non-hydrogen) atoms. The summed E-state index contributed by atoms with van der Waals surface area (Å²) in [6.45, 7) is 5.33. The first-order chi connectivity index (χ1) is 12.0. The number of guanidine groups is 1. The molecule has 0 bridgehead atoms. The molecule has 1 rings (SSSR count). The second kappa shape index (κ2) is 13.6. The van der Waals surface area contributed by atoms with Gasteiger partial charge < -0.3 is 25.4 Å². The van der Waals surface area contributed by atoms with Gasteiger partial charge >= 0.3 is 0 Å². The fraction of sp³-hybridized carbons (Fsp3) is 0.529. The summed E-state index contributed by atoms with van der Waals surface area (Å²) in [7, 11) is 2.99. The van der Waals surface area contributed by atoms with E-state index in [0.29, 0.717) is 25.7 Å². The molecular weight excluding hydrogens is 454 g/mol. The largest absolute Gasteiger partial charge is 0.494 e. The Morgan fingerprint density at radius 1 is 1.31 bits per heavy atom. The van der Waals surface area contributed by atoms with E-state index < -0.39 is 5.82 Å². The van der Waals surface area contributed by atoms with E-state index in [1.54, 1.807) is 19.2 Å². The lowest BCUT2D eigenvalue weighted by atomic mass is 10.1. The van der Waals surface area contributed by atoms with Crippen molar-refractivity contribution in [2.75, 3.05) is 40.5 Å². The topological polar surface area (TPSA) is 84.0 Å². The highest BCUT2D eigenvalue weighted by atomic mass is 127. The Labute approximate surface area is 171 Å². The van der Waals surface area contributed by atoms with Crippen LogP contribution in [0.15, 0.2) is 23.2 Å². The second-order valence-electron chi connectivity index (χ2n) is 5.30. The first-order valence-corrected chi connectivity index (χ1v) is 8.15. The van der Waals surface area contributed by atoms with Gasteiger partial charge in [-0.25, -0.2) is 9.38 Å². The molecule has 0 aliphatic heterocycles. The van der Waals surface area contributed by atoms with E-state index in [1.165, 1.54) is 13.2 Å². The zero-order chi connectivity index (χ0) is 18.7. The van der Waals surface area contributed by atoms with E-state index in [-0.39, 0.29) is 48.2 Å². The van der Waals surface area contributed by atoms with E-state index in [1.807, 2.05) is 13.8 Å². The molecule has 1 atom stereocenters. The molecule has 0 fully saturated rings. The Kier molecular flexibility index (Phi) is 12.7. The van der Waals surface area contributed by atoms with Crippen LogP contribution in [-0.2, 0) is 9.53 Å². The summed E-state index contributed by atoms with van der Waals surface area (Å²) in [6.07, 6.45) is 0. The van der Waals surface area contributed by atoms with Gasteiger partial charge in [0.25, 0.3) is 0 Å². The average Bonchev–Trinajstić information content (AvgIpc) is 2.60. The molecular formula is C17H28FIN4O3. The number of aliphatic imine (C=N–C) groups is 1. The van der Waals surface area contributed by atoms with Crippen molar-refractivity contribution in [3.05, 3.63) is 29.6 Å². The van der Waals surface area contributed by atoms with Crippen LogP contribution in [0.25, 0.3) is 0 Å². The summed E-state index contributed by atoms with van der Waals surface area (Å²) in [6, 6.07) is 4.57. The van der Waals surface area contributed by atoms with E-state index in [0.717, 1.165) is 5.56 Å². The molecule has 0 radical (unpaired) electrons. The van der Waals surface area contributed by atoms with Gasteiger partial charge in [-0.05, 0) is 31.5 Å². The quantitative estimate of drug-likeness (QED) is 0.217. The minimum Gasteiger partial charge on any atom is -0.494 e. The zero-order valence-corrected chi connectivity index (χ0v) is 17.9. The molecule has 0 saturated heterocycles. The predicted molar refractivity (Wildman–Crippen MR) is 111 cm³/mol. The second-order valence-corrected chi connectivity index (χ2v) is 5.30. The Hall–Kier alpha value is -1.62. The van der Waals surface area contributed by atoms with Gasteiger partial charge in [0, 0.05) is 20.2 Å². The number of carbonyl (C=O) groups is 1. The number of rotatable bonds is 9. The van der Waals surface area contributed by atoms with E-state index >= 15 is 0 Å². The van der Waals surface area contributed by atoms with E-state index in [4.69, 9.17) is 9.47 Å². The third-order valence-electron chi connectivity index (χ3n) is 3.38. The molecule has 0 aliphatic rings. The number of carbonyl (C=O) groups excluding carboxylic acids is 1. The number of amides is 1. The first-order valence-electron chi connectivity index (χ1n) is 8.15. The number of nitrogens with one attached hydrogen (secondary N) is 3. The minimum atomic E-state index is -0.423. The number of halogens is 2. The van der Waals surface area contributed by atoms with Crippen LogP contribution in [0.4, 0.5) is 4.39 Å². The fourth-order valence-corrected chi connectivity index (χ4v) is 2.06. The van der Waals surface area contributed by atoms with Gasteiger partial charge in [0.15, 0.2) is 17.5 Å². The minimum absolute atomic E-state index is 0. The van der Waals surface area contributed by atoms with Crippen molar-refractivity contribution in [3.63, 3.8) is 0 Å². The van der Waals surface area contributed by atoms with Crippen LogP contribution in [0, 0.1) is 5.82 Å². The van der Waals surface area contributed by atoms with E-state index in [2.05, 4.69) is 20.9 Å². The summed E-state index contributed by atoms with van der Waals surface area (Å²) in [5.41, 5.74) is 0.744. The smallest absolute Gasteiger partial charge is 0.241 e. The van der Waals surface area contributed by atoms with Crippen molar-refractivity contribution in [3.8, 4) is 5.75 Å². The third-order valence-corrected chi connectivity index (χ3v) is 3.38. The third kappa shape index (κ3) is 8.65. The lowest BCUT2D eigenvalue weighted by Crippen LogP contribution is -2.40. The maximum atomic E-state index is 13.8. The number of methoxy groups -OCH3 is 2. The molecule has 1 aromatic rings. The van der Waals surface area contributed by atoms with Crippen LogP contribution < -0.4 is 20.7 Å². The van der Waals surface area contributed by atoms with Gasteiger partial charge in [0.05, 0.1) is 19.8 Å². The normalized spacial score (nSPS) is 12.0. The van der Waals surface area contributed by atoms with Gasteiger partial charge in [-0.15, -0.1) is 24.0 Å². The van der Waals surface area contributed by atoms with Crippen LogP contribution in [0.1, 0.15) is 25.5 Å². The standard InChI is InChI=1S/C17H27FN4O3.HI/c1-5-19-17(21-11-16(23)20-8-9-24-3)22-12(2)13-6-7-15(25-4)14(18)10-13;/h6-7,10,12H,5,8-9,11H2,1-4H3,(H,20,23)(H2,19,21,22);1H. The fourth-order valence-electron chi connectivity index (χ4n) is 2.06. The molecule has 1 amide bonds. The number of benzene rings is 1. The van der Waals surface area contributed by atoms with Crippen LogP contribution in [-0.4, -0.2) is 52.3 Å². The summed E-state index contributed by atoms with van der Waals surface area (Å²) in [5.74, 6) is 0.0582. The molecule has 148 valence electrons. The highest BCUT2D eigenvalue weighted by Gasteiger charge is 2.11. The van der Waals surface area contributed by atoms with Crippen LogP contribution in [0.5, 0.6) is 5.75 Å². The Morgan fingerprint density at radius 3 is 2.62 bits per heavy atom. The predicted octanol–water partition coefficient (Wildman–Crippen LogP) is 1.83. The lowest BCUT2D eigenvalue weighted by molar-refractivity contribution is -0.119. The van der Waals surface area contributed by atoms with Crippen molar-refractivity contribution in [1.82, 2.24) is 16.0 Å². The van der Waals surface area contributed by atoms with Crippen LogP contribution in [0.2, 0.25) is 0 Å². The van der Waals surface area contributed by atoms with Gasteiger partial charge in [0.2, 0.25) is 5.91 Å². The van der Waals surface area contributed by atoms with Gasteiger partial charge in [-0.3, -0.25) is 4.79 Å². The maximum Gasteiger partial charge on any atom is 0.241 e. The molecule has 0 saturated carbocycles. The van der Waals surface area contributed by atoms with Crippen molar-refractivity contribution in [2.24, 2.45) is 4.99 Å². The molecule has 7 nitrogen and oxygen atoms in total. The maximum absolute atomic E-state index is 13.8. The molecule has 1 aromatic carbocycles. The summed E-state index contributed by atoms with van der Waals surface area (Å²) in [4.78, 5) is 15.9. The molecule has 0 spiro atoms. The summed E-state index contributed by atoms with van der Waals surface area (Å²) in [5, 5.41) is 8.90. The SMILES string of the molecule is CCNC(=NCC(=O)NCCOC)NC(C)c1ccc(OC)c(F)c1.I. The molecule has 1 unspecified atom stereocenters. The van der Waals surface area contributed by atoms with Gasteiger partial charge in [0.1, 0.15) is 6.54 Å². The first kappa shape index (κ1) is 24.4. The monoisotopic (exact) mass is 482 g/mol. The molecule has 0 heterocycles. The van der Waals surface area contributed by atoms with Crippen molar-refractivity contribution < 1.29 is 18.7 Å². The Morgan fingerprint density at radius 2 is 2.04 bits per heavy atom. The molecule has 9 heteroatoms. The lowest BCUT2D eigenvalue weighted by Gasteiger charge is -2.18. The van der Waals surface area contributed by atoms with Crippen molar-refractivity contribution in [1.29, 1.82) is 0 Å². The summed E-state index contributed by atoms with van der Waals surface area (Å²) >= 11 is 0. The highest BCUT2D eigenvalue weighted by Crippen LogP contribution is 2.21. The molecule has 3 N–H and O–H groups in total. The average molecular weight is 482 g/mol. The Bertz CT molecular complexity index is 587. The number of ether oxygens (including phenoxy) is 2. The Balaban J connectivity index is 0.00000625. The summed E-state index contributed by atoms with van der Waals surface area (Å²) < 4.78 is 23.6. The van der Waals surface area contributed by atoms with Crippen molar-refractivity contribution >= 4 is 35.8 Å². The number of hydrogen-bond donors (Lipinski definition) is 3. The molecule has 0 aromatic heterocycles. The number of hydrogen-bond acceptors (Lipinski definition) is 4. The molecule has 0 aliphatic carbocycles.